The van der Waals surface area contributed by atoms with Gasteiger partial charge in [0.25, 0.3) is 0 Å². The molecule has 0 aliphatic carbocycles. The molecule has 6 nitrogen and oxygen atoms in total. The van der Waals surface area contributed by atoms with Crippen molar-refractivity contribution in [2.75, 3.05) is 19.5 Å². The number of benzene rings is 1. The monoisotopic (exact) mass is 251 g/mol. The van der Waals surface area contributed by atoms with Crippen LogP contribution in [0.1, 0.15) is 16.8 Å². The molecule has 2 N–H and O–H groups in total. The Morgan fingerprint density at radius 2 is 2.28 bits per heavy atom. The number of hydrogen-bond donors (Lipinski definition) is 1. The van der Waals surface area contributed by atoms with E-state index in [-0.39, 0.29) is 17.9 Å². The van der Waals surface area contributed by atoms with Crippen LogP contribution < -0.4 is 10.5 Å². The zero-order valence-electron chi connectivity index (χ0n) is 9.84. The van der Waals surface area contributed by atoms with Crippen molar-refractivity contribution in [3.8, 4) is 5.75 Å². The molecule has 1 saturated heterocycles. The molecule has 0 spiro atoms. The highest BCUT2D eigenvalue weighted by Gasteiger charge is 2.31. The van der Waals surface area contributed by atoms with Crippen molar-refractivity contribution in [3.63, 3.8) is 0 Å². The van der Waals surface area contributed by atoms with Crippen molar-refractivity contribution in [3.05, 3.63) is 23.8 Å². The van der Waals surface area contributed by atoms with Gasteiger partial charge in [-0.1, -0.05) is 6.07 Å². The Kier molecular flexibility index (Phi) is 3.36. The van der Waals surface area contributed by atoms with E-state index in [4.69, 9.17) is 19.9 Å². The van der Waals surface area contributed by atoms with Gasteiger partial charge in [-0.2, -0.15) is 0 Å². The van der Waals surface area contributed by atoms with Crippen molar-refractivity contribution < 1.29 is 23.8 Å². The van der Waals surface area contributed by atoms with E-state index in [2.05, 4.69) is 0 Å². The Balaban J connectivity index is 2.16. The van der Waals surface area contributed by atoms with Crippen LogP contribution in [0.15, 0.2) is 18.2 Å². The lowest BCUT2D eigenvalue weighted by Crippen LogP contribution is -2.23. The number of hydrogen-bond acceptors (Lipinski definition) is 6. The number of rotatable bonds is 3. The quantitative estimate of drug-likeness (QED) is 0.630. The number of nitrogen functional groups attached to an aromatic ring is 1. The summed E-state index contributed by atoms with van der Waals surface area (Å²) in [6.45, 7) is 0.268. The van der Waals surface area contributed by atoms with Gasteiger partial charge in [0.1, 0.15) is 5.75 Å². The molecular formula is C12H13NO5. The highest BCUT2D eigenvalue weighted by Crippen LogP contribution is 2.26. The van der Waals surface area contributed by atoms with Gasteiger partial charge in [0.15, 0.2) is 0 Å². The molecule has 1 atom stereocenters. The SMILES string of the molecule is COc1cccc(C(=O)OC2CCOC2=O)c1N. The smallest absolute Gasteiger partial charge is 0.347 e. The lowest BCUT2D eigenvalue weighted by molar-refractivity contribution is -0.145. The fourth-order valence-electron chi connectivity index (χ4n) is 1.68. The molecule has 1 heterocycles. The van der Waals surface area contributed by atoms with Crippen LogP contribution in [-0.2, 0) is 14.3 Å². The Hall–Kier alpha value is -2.24. The van der Waals surface area contributed by atoms with Crippen LogP contribution in [0, 0.1) is 0 Å². The number of carbonyl (C=O) groups excluding carboxylic acids is 2. The molecule has 1 aromatic carbocycles. The predicted octanol–water partition coefficient (Wildman–Crippen LogP) is 0.750. The minimum absolute atomic E-state index is 0.175. The first-order valence-electron chi connectivity index (χ1n) is 5.43. The molecule has 0 aromatic heterocycles. The maximum Gasteiger partial charge on any atom is 0.347 e. The second kappa shape index (κ2) is 4.95. The summed E-state index contributed by atoms with van der Waals surface area (Å²) in [4.78, 5) is 23.1. The van der Waals surface area contributed by atoms with Gasteiger partial charge in [0.05, 0.1) is 25.0 Å². The summed E-state index contributed by atoms with van der Waals surface area (Å²) in [6, 6.07) is 4.77. The molecule has 1 aromatic rings. The number of para-hydroxylation sites is 1. The molecule has 6 heteroatoms. The van der Waals surface area contributed by atoms with Crippen molar-refractivity contribution in [2.24, 2.45) is 0 Å². The minimum atomic E-state index is -0.844. The molecule has 1 aliphatic rings. The Labute approximate surface area is 104 Å². The van der Waals surface area contributed by atoms with Gasteiger partial charge < -0.3 is 19.9 Å². The van der Waals surface area contributed by atoms with E-state index in [0.29, 0.717) is 12.2 Å². The highest BCUT2D eigenvalue weighted by atomic mass is 16.6. The molecular weight excluding hydrogens is 238 g/mol. The van der Waals surface area contributed by atoms with Gasteiger partial charge in [-0.25, -0.2) is 9.59 Å². The van der Waals surface area contributed by atoms with Crippen LogP contribution in [0.5, 0.6) is 5.75 Å². The topological polar surface area (TPSA) is 87.9 Å². The van der Waals surface area contributed by atoms with E-state index in [9.17, 15) is 9.59 Å². The van der Waals surface area contributed by atoms with Gasteiger partial charge in [0.2, 0.25) is 6.10 Å². The van der Waals surface area contributed by atoms with Crippen LogP contribution in [0.4, 0.5) is 5.69 Å². The van der Waals surface area contributed by atoms with E-state index in [1.807, 2.05) is 0 Å². The van der Waals surface area contributed by atoms with Crippen LogP contribution in [0.25, 0.3) is 0 Å². The van der Waals surface area contributed by atoms with E-state index in [1.54, 1.807) is 12.1 Å². The maximum atomic E-state index is 11.9. The summed E-state index contributed by atoms with van der Waals surface area (Å²) in [5.74, 6) is -0.793. The van der Waals surface area contributed by atoms with Crippen molar-refractivity contribution in [1.29, 1.82) is 0 Å². The molecule has 0 radical (unpaired) electrons. The molecule has 1 unspecified atom stereocenters. The van der Waals surface area contributed by atoms with Crippen molar-refractivity contribution in [2.45, 2.75) is 12.5 Å². The average molecular weight is 251 g/mol. The zero-order chi connectivity index (χ0) is 13.1. The summed E-state index contributed by atoms with van der Waals surface area (Å²) >= 11 is 0. The number of carbonyl (C=O) groups is 2. The van der Waals surface area contributed by atoms with E-state index >= 15 is 0 Å². The molecule has 2 rings (SSSR count). The van der Waals surface area contributed by atoms with Gasteiger partial charge in [0, 0.05) is 6.42 Å². The second-order valence-electron chi connectivity index (χ2n) is 3.77. The summed E-state index contributed by atoms with van der Waals surface area (Å²) in [5.41, 5.74) is 6.13. The summed E-state index contributed by atoms with van der Waals surface area (Å²) < 4.78 is 14.7. The van der Waals surface area contributed by atoms with Gasteiger partial charge in [-0.15, -0.1) is 0 Å². The first-order valence-corrected chi connectivity index (χ1v) is 5.43. The predicted molar refractivity (Wildman–Crippen MR) is 62.2 cm³/mol. The highest BCUT2D eigenvalue weighted by molar-refractivity contribution is 5.97. The Bertz CT molecular complexity index is 485. The number of anilines is 1. The van der Waals surface area contributed by atoms with Crippen LogP contribution >= 0.6 is 0 Å². The summed E-state index contributed by atoms with van der Waals surface area (Å²) in [6.07, 6.45) is -0.475. The largest absolute Gasteiger partial charge is 0.495 e. The molecule has 18 heavy (non-hydrogen) atoms. The third kappa shape index (κ3) is 2.22. The zero-order valence-corrected chi connectivity index (χ0v) is 9.84. The van der Waals surface area contributed by atoms with Crippen LogP contribution in [0.2, 0.25) is 0 Å². The lowest BCUT2D eigenvalue weighted by Gasteiger charge is -2.11. The van der Waals surface area contributed by atoms with E-state index in [1.165, 1.54) is 13.2 Å². The van der Waals surface area contributed by atoms with Crippen molar-refractivity contribution in [1.82, 2.24) is 0 Å². The van der Waals surface area contributed by atoms with E-state index in [0.717, 1.165) is 0 Å². The molecule has 0 amide bonds. The molecule has 1 aliphatic heterocycles. The minimum Gasteiger partial charge on any atom is -0.495 e. The molecule has 96 valence electrons. The number of esters is 2. The first kappa shape index (κ1) is 12.2. The van der Waals surface area contributed by atoms with Gasteiger partial charge in [-0.3, -0.25) is 0 Å². The van der Waals surface area contributed by atoms with Crippen LogP contribution in [-0.4, -0.2) is 31.8 Å². The number of ether oxygens (including phenoxy) is 3. The molecule has 0 saturated carbocycles. The fourth-order valence-corrected chi connectivity index (χ4v) is 1.68. The van der Waals surface area contributed by atoms with Gasteiger partial charge >= 0.3 is 11.9 Å². The number of cyclic esters (lactones) is 1. The Morgan fingerprint density at radius 1 is 1.50 bits per heavy atom. The third-order valence-corrected chi connectivity index (χ3v) is 2.64. The number of methoxy groups -OCH3 is 1. The van der Waals surface area contributed by atoms with Crippen molar-refractivity contribution >= 4 is 17.6 Å². The third-order valence-electron chi connectivity index (χ3n) is 2.64. The molecule has 1 fully saturated rings. The maximum absolute atomic E-state index is 11.9. The summed E-state index contributed by atoms with van der Waals surface area (Å²) in [5, 5.41) is 0. The summed E-state index contributed by atoms with van der Waals surface area (Å²) in [7, 11) is 1.45. The van der Waals surface area contributed by atoms with Crippen LogP contribution in [0.3, 0.4) is 0 Å². The molecule has 0 bridgehead atoms. The lowest BCUT2D eigenvalue weighted by atomic mass is 10.1. The fraction of sp³-hybridized carbons (Fsp3) is 0.333. The van der Waals surface area contributed by atoms with Gasteiger partial charge in [-0.05, 0) is 12.1 Å². The van der Waals surface area contributed by atoms with E-state index < -0.39 is 18.0 Å². The first-order chi connectivity index (χ1) is 8.63. The number of nitrogens with two attached hydrogens (primary N) is 1. The average Bonchev–Trinajstić information content (AvgIpc) is 2.75. The normalized spacial score (nSPS) is 18.3. The standard InChI is InChI=1S/C12H13NO5/c1-16-8-4-2-3-7(10(8)13)11(14)18-9-5-6-17-12(9)15/h2-4,9H,5-6,13H2,1H3. The second-order valence-corrected chi connectivity index (χ2v) is 3.77. The Morgan fingerprint density at radius 3 is 2.89 bits per heavy atom.